The van der Waals surface area contributed by atoms with Crippen LogP contribution in [0.15, 0.2) is 72.0 Å². The van der Waals surface area contributed by atoms with Crippen molar-refractivity contribution in [3.05, 3.63) is 83.8 Å². The molecule has 0 bridgehead atoms. The highest BCUT2D eigenvalue weighted by molar-refractivity contribution is 7.89. The number of carbonyl (C=O) groups excluding carboxylic acids is 1. The van der Waals surface area contributed by atoms with Crippen LogP contribution in [0.5, 0.6) is 0 Å². The Morgan fingerprint density at radius 1 is 1.06 bits per heavy atom. The molecule has 2 N–H and O–H groups in total. The van der Waals surface area contributed by atoms with Gasteiger partial charge in [0.25, 0.3) is 5.91 Å². The van der Waals surface area contributed by atoms with Gasteiger partial charge >= 0.3 is 0 Å². The summed E-state index contributed by atoms with van der Waals surface area (Å²) in [6.45, 7) is 4.01. The summed E-state index contributed by atoms with van der Waals surface area (Å²) in [6, 6.07) is 16.1. The number of sulfonamides is 1. The van der Waals surface area contributed by atoms with Crippen LogP contribution in [0.4, 0.5) is 0 Å². The number of pyridine rings is 1. The summed E-state index contributed by atoms with van der Waals surface area (Å²) in [7, 11) is -3.64. The summed E-state index contributed by atoms with van der Waals surface area (Å²) in [5, 5.41) is 2.84. The largest absolute Gasteiger partial charge is 0.348 e. The number of nitrogens with one attached hydrogen (secondary N) is 2. The maximum atomic E-state index is 12.7. The molecule has 0 radical (unpaired) electrons. The number of aryl methyl sites for hydroxylation is 1. The third kappa shape index (κ3) is 4.39. The summed E-state index contributed by atoms with van der Waals surface area (Å²) in [4.78, 5) is 21.6. The SMILES string of the molecule is CCNS(=O)(=O)c1ccc(C)c(C(=O)NCc2ccc(-n3cnc4ccccc43)nc2)c1. The van der Waals surface area contributed by atoms with E-state index >= 15 is 0 Å². The number of hydrogen-bond donors (Lipinski definition) is 2. The van der Waals surface area contributed by atoms with Crippen molar-refractivity contribution in [2.45, 2.75) is 25.3 Å². The third-order valence-corrected chi connectivity index (χ3v) is 6.60. The van der Waals surface area contributed by atoms with Gasteiger partial charge in [0, 0.05) is 24.8 Å². The molecule has 0 fully saturated rings. The number of para-hydroxylation sites is 2. The first-order chi connectivity index (χ1) is 15.4. The zero-order chi connectivity index (χ0) is 22.7. The molecule has 0 aliphatic heterocycles. The highest BCUT2D eigenvalue weighted by atomic mass is 32.2. The molecule has 32 heavy (non-hydrogen) atoms. The Morgan fingerprint density at radius 3 is 2.62 bits per heavy atom. The summed E-state index contributed by atoms with van der Waals surface area (Å²) in [5.41, 5.74) is 3.68. The zero-order valence-electron chi connectivity index (χ0n) is 17.7. The van der Waals surface area contributed by atoms with E-state index in [0.29, 0.717) is 11.1 Å². The normalized spacial score (nSPS) is 11.6. The molecule has 9 heteroatoms. The van der Waals surface area contributed by atoms with Crippen molar-refractivity contribution in [2.24, 2.45) is 0 Å². The highest BCUT2D eigenvalue weighted by Gasteiger charge is 2.17. The maximum Gasteiger partial charge on any atom is 0.251 e. The van der Waals surface area contributed by atoms with Crippen LogP contribution in [-0.4, -0.2) is 35.4 Å². The van der Waals surface area contributed by atoms with E-state index in [1.807, 2.05) is 41.0 Å². The Labute approximate surface area is 186 Å². The Balaban J connectivity index is 1.48. The quantitative estimate of drug-likeness (QED) is 0.451. The fourth-order valence-electron chi connectivity index (χ4n) is 3.37. The molecule has 8 nitrogen and oxygen atoms in total. The minimum Gasteiger partial charge on any atom is -0.348 e. The third-order valence-electron chi connectivity index (χ3n) is 5.06. The molecule has 0 spiro atoms. The number of fused-ring (bicyclic) bond motifs is 1. The predicted octanol–water partition coefficient (Wildman–Crippen LogP) is 2.96. The number of amides is 1. The standard InChI is InChI=1S/C23H23N5O3S/c1-3-27-32(30,31)18-10-8-16(2)19(12-18)23(29)25-14-17-9-11-22(24-13-17)28-15-26-20-6-4-5-7-21(20)28/h4-13,15,27H,3,14H2,1-2H3,(H,25,29). The molecule has 0 atom stereocenters. The van der Waals surface area contributed by atoms with Crippen molar-refractivity contribution >= 4 is 27.0 Å². The lowest BCUT2D eigenvalue weighted by Crippen LogP contribution is -2.26. The monoisotopic (exact) mass is 449 g/mol. The topological polar surface area (TPSA) is 106 Å². The van der Waals surface area contributed by atoms with E-state index in [1.54, 1.807) is 32.4 Å². The van der Waals surface area contributed by atoms with Crippen LogP contribution in [0.3, 0.4) is 0 Å². The van der Waals surface area contributed by atoms with Gasteiger partial charge in [-0.05, 0) is 48.4 Å². The fourth-order valence-corrected chi connectivity index (χ4v) is 4.44. The van der Waals surface area contributed by atoms with Crippen LogP contribution in [0.25, 0.3) is 16.9 Å². The summed E-state index contributed by atoms with van der Waals surface area (Å²) in [6.07, 6.45) is 3.43. The first-order valence-corrected chi connectivity index (χ1v) is 11.6. The van der Waals surface area contributed by atoms with Gasteiger partial charge in [0.1, 0.15) is 12.1 Å². The Bertz CT molecular complexity index is 1380. The molecule has 2 aromatic heterocycles. The number of benzene rings is 2. The minimum atomic E-state index is -3.64. The van der Waals surface area contributed by atoms with Crippen molar-refractivity contribution in [2.75, 3.05) is 6.54 Å². The van der Waals surface area contributed by atoms with Gasteiger partial charge in [-0.1, -0.05) is 31.2 Å². The molecular weight excluding hydrogens is 426 g/mol. The first-order valence-electron chi connectivity index (χ1n) is 10.1. The van der Waals surface area contributed by atoms with E-state index in [9.17, 15) is 13.2 Å². The lowest BCUT2D eigenvalue weighted by atomic mass is 10.1. The highest BCUT2D eigenvalue weighted by Crippen LogP contribution is 2.18. The van der Waals surface area contributed by atoms with E-state index in [4.69, 9.17) is 0 Å². The molecule has 0 saturated heterocycles. The van der Waals surface area contributed by atoms with Crippen LogP contribution in [0.1, 0.15) is 28.4 Å². The maximum absolute atomic E-state index is 12.7. The molecule has 0 saturated carbocycles. The second-order valence-corrected chi connectivity index (χ2v) is 9.06. The average molecular weight is 450 g/mol. The Hall–Kier alpha value is -3.56. The van der Waals surface area contributed by atoms with E-state index in [2.05, 4.69) is 20.0 Å². The molecule has 2 aromatic carbocycles. The van der Waals surface area contributed by atoms with Gasteiger partial charge in [0.15, 0.2) is 0 Å². The van der Waals surface area contributed by atoms with Gasteiger partial charge in [0.05, 0.1) is 15.9 Å². The van der Waals surface area contributed by atoms with Crippen LogP contribution < -0.4 is 10.0 Å². The lowest BCUT2D eigenvalue weighted by molar-refractivity contribution is 0.0950. The van der Waals surface area contributed by atoms with Gasteiger partial charge in [-0.25, -0.2) is 23.1 Å². The predicted molar refractivity (Wildman–Crippen MR) is 122 cm³/mol. The minimum absolute atomic E-state index is 0.0636. The van der Waals surface area contributed by atoms with Crippen LogP contribution in [0.2, 0.25) is 0 Å². The van der Waals surface area contributed by atoms with Crippen molar-refractivity contribution in [1.82, 2.24) is 24.6 Å². The first kappa shape index (κ1) is 21.7. The average Bonchev–Trinajstić information content (AvgIpc) is 3.22. The van der Waals surface area contributed by atoms with Gasteiger partial charge in [-0.2, -0.15) is 0 Å². The molecule has 0 unspecified atom stereocenters. The number of rotatable bonds is 7. The van der Waals surface area contributed by atoms with E-state index in [0.717, 1.165) is 22.4 Å². The summed E-state index contributed by atoms with van der Waals surface area (Å²) < 4.78 is 28.8. The molecule has 0 aliphatic carbocycles. The van der Waals surface area contributed by atoms with Gasteiger partial charge < -0.3 is 5.32 Å². The summed E-state index contributed by atoms with van der Waals surface area (Å²) >= 11 is 0. The smallest absolute Gasteiger partial charge is 0.251 e. The van der Waals surface area contributed by atoms with Gasteiger partial charge in [-0.15, -0.1) is 0 Å². The second-order valence-electron chi connectivity index (χ2n) is 7.29. The number of hydrogen-bond acceptors (Lipinski definition) is 5. The van der Waals surface area contributed by atoms with E-state index < -0.39 is 10.0 Å². The number of aromatic nitrogens is 3. The molecule has 0 aliphatic rings. The molecule has 4 rings (SSSR count). The molecule has 2 heterocycles. The number of nitrogens with zero attached hydrogens (tertiary/aromatic N) is 3. The van der Waals surface area contributed by atoms with E-state index in [-0.39, 0.29) is 23.9 Å². The number of imidazole rings is 1. The molecule has 164 valence electrons. The molecule has 4 aromatic rings. The molecule has 1 amide bonds. The van der Waals surface area contributed by atoms with Crippen LogP contribution in [-0.2, 0) is 16.6 Å². The van der Waals surface area contributed by atoms with Crippen molar-refractivity contribution in [3.8, 4) is 5.82 Å². The summed E-state index contributed by atoms with van der Waals surface area (Å²) in [5.74, 6) is 0.381. The van der Waals surface area contributed by atoms with E-state index in [1.165, 1.54) is 12.1 Å². The zero-order valence-corrected chi connectivity index (χ0v) is 18.6. The Morgan fingerprint density at radius 2 is 1.88 bits per heavy atom. The van der Waals surface area contributed by atoms with Crippen molar-refractivity contribution in [3.63, 3.8) is 0 Å². The van der Waals surface area contributed by atoms with Crippen LogP contribution in [0, 0.1) is 6.92 Å². The second kappa shape index (κ2) is 8.89. The van der Waals surface area contributed by atoms with Gasteiger partial charge in [0.2, 0.25) is 10.0 Å². The van der Waals surface area contributed by atoms with Gasteiger partial charge in [-0.3, -0.25) is 9.36 Å². The van der Waals surface area contributed by atoms with Crippen molar-refractivity contribution in [1.29, 1.82) is 0 Å². The molecular formula is C23H23N5O3S. The Kier molecular flexibility index (Phi) is 6.02. The van der Waals surface area contributed by atoms with Crippen LogP contribution >= 0.6 is 0 Å². The fraction of sp³-hybridized carbons (Fsp3) is 0.174. The number of carbonyl (C=O) groups is 1. The lowest BCUT2D eigenvalue weighted by Gasteiger charge is -2.11. The van der Waals surface area contributed by atoms with Crippen molar-refractivity contribution < 1.29 is 13.2 Å².